The highest BCUT2D eigenvalue weighted by molar-refractivity contribution is 7.08. The molecule has 1 aromatic heterocycles. The van der Waals surface area contributed by atoms with Crippen LogP contribution in [0.1, 0.15) is 11.6 Å². The second-order valence-electron chi connectivity index (χ2n) is 3.61. The minimum atomic E-state index is -0.522. The lowest BCUT2D eigenvalue weighted by molar-refractivity contribution is -0.136. The Hall–Kier alpha value is -1.53. The van der Waals surface area contributed by atoms with Crippen LogP contribution < -0.4 is 10.6 Å². The molecule has 1 aliphatic rings. The van der Waals surface area contributed by atoms with Gasteiger partial charge < -0.3 is 15.4 Å². The van der Waals surface area contributed by atoms with Crippen molar-refractivity contribution in [1.82, 2.24) is 10.6 Å². The van der Waals surface area contributed by atoms with E-state index in [9.17, 15) is 9.59 Å². The molecule has 96 valence electrons. The first-order valence-electron chi connectivity index (χ1n) is 5.14. The predicted molar refractivity (Wildman–Crippen MR) is 68.5 cm³/mol. The van der Waals surface area contributed by atoms with E-state index >= 15 is 0 Å². The first-order chi connectivity index (χ1) is 8.67. The molecule has 0 aromatic carbocycles. The molecule has 1 aromatic rings. The molecule has 0 fully saturated rings. The van der Waals surface area contributed by atoms with E-state index in [-0.39, 0.29) is 11.9 Å². The van der Waals surface area contributed by atoms with Crippen molar-refractivity contribution in [1.29, 1.82) is 0 Å². The topological polar surface area (TPSA) is 67.4 Å². The van der Waals surface area contributed by atoms with Gasteiger partial charge in [-0.1, -0.05) is 0 Å². The highest BCUT2D eigenvalue weighted by Gasteiger charge is 2.33. The molecule has 0 spiro atoms. The summed E-state index contributed by atoms with van der Waals surface area (Å²) in [6.45, 7) is 0. The normalized spacial score (nSPS) is 19.2. The van der Waals surface area contributed by atoms with Crippen LogP contribution in [-0.2, 0) is 9.53 Å². The van der Waals surface area contributed by atoms with Gasteiger partial charge in [0.15, 0.2) is 0 Å². The van der Waals surface area contributed by atoms with E-state index in [0.29, 0.717) is 11.3 Å². The average Bonchev–Trinajstić information content (AvgIpc) is 2.90. The molecule has 2 rings (SSSR count). The van der Waals surface area contributed by atoms with E-state index in [0.717, 1.165) is 5.56 Å². The van der Waals surface area contributed by atoms with Crippen molar-refractivity contribution >= 4 is 34.9 Å². The predicted octanol–water partition coefficient (Wildman–Crippen LogP) is 1.77. The molecule has 0 radical (unpaired) electrons. The van der Waals surface area contributed by atoms with Gasteiger partial charge in [0.1, 0.15) is 0 Å². The second-order valence-corrected chi connectivity index (χ2v) is 4.65. The number of nitrogens with one attached hydrogen (secondary N) is 2. The molecular formula is C11H11ClN2O3S. The third-order valence-corrected chi connectivity index (χ3v) is 3.54. The highest BCUT2D eigenvalue weighted by atomic mass is 35.5. The van der Waals surface area contributed by atoms with E-state index < -0.39 is 12.0 Å². The Kier molecular flexibility index (Phi) is 3.88. The van der Waals surface area contributed by atoms with Gasteiger partial charge in [0.2, 0.25) is 0 Å². The number of thiophene rings is 1. The van der Waals surface area contributed by atoms with Gasteiger partial charge >= 0.3 is 12.0 Å². The number of hydrogen-bond donors (Lipinski definition) is 2. The van der Waals surface area contributed by atoms with Gasteiger partial charge in [-0.05, 0) is 22.4 Å². The lowest BCUT2D eigenvalue weighted by atomic mass is 9.98. The van der Waals surface area contributed by atoms with Crippen LogP contribution in [0.2, 0.25) is 0 Å². The van der Waals surface area contributed by atoms with Gasteiger partial charge in [0.25, 0.3) is 0 Å². The van der Waals surface area contributed by atoms with Crippen molar-refractivity contribution in [2.45, 2.75) is 6.04 Å². The van der Waals surface area contributed by atoms with E-state index in [1.165, 1.54) is 18.4 Å². The van der Waals surface area contributed by atoms with Gasteiger partial charge in [0, 0.05) is 5.70 Å². The summed E-state index contributed by atoms with van der Waals surface area (Å²) >= 11 is 7.25. The van der Waals surface area contributed by atoms with Gasteiger partial charge in [-0.15, -0.1) is 11.6 Å². The molecule has 0 bridgehead atoms. The Balaban J connectivity index is 2.48. The quantitative estimate of drug-likeness (QED) is 0.657. The number of rotatable bonds is 3. The molecule has 18 heavy (non-hydrogen) atoms. The van der Waals surface area contributed by atoms with Crippen LogP contribution >= 0.6 is 22.9 Å². The molecule has 5 nitrogen and oxygen atoms in total. The lowest BCUT2D eigenvalue weighted by Crippen LogP contribution is -2.46. The SMILES string of the molecule is COC(=O)C1=C(CCl)NC(=O)N[C@H]1c1ccsc1. The largest absolute Gasteiger partial charge is 0.466 e. The summed E-state index contributed by atoms with van der Waals surface area (Å²) < 4.78 is 4.74. The molecule has 1 atom stereocenters. The van der Waals surface area contributed by atoms with Crippen molar-refractivity contribution in [3.8, 4) is 0 Å². The minimum absolute atomic E-state index is 0.0402. The fraction of sp³-hybridized carbons (Fsp3) is 0.273. The lowest BCUT2D eigenvalue weighted by Gasteiger charge is -2.27. The Morgan fingerprint density at radius 3 is 2.94 bits per heavy atom. The molecule has 2 heterocycles. The highest BCUT2D eigenvalue weighted by Crippen LogP contribution is 2.29. The Labute approximate surface area is 113 Å². The first-order valence-corrected chi connectivity index (χ1v) is 6.62. The number of halogens is 1. The summed E-state index contributed by atoms with van der Waals surface area (Å²) in [5.74, 6) is -0.465. The fourth-order valence-electron chi connectivity index (χ4n) is 1.76. The maximum Gasteiger partial charge on any atom is 0.338 e. The van der Waals surface area contributed by atoms with E-state index in [2.05, 4.69) is 10.6 Å². The number of urea groups is 1. The van der Waals surface area contributed by atoms with Crippen LogP contribution in [0.3, 0.4) is 0 Å². The Bertz CT molecular complexity index is 498. The van der Waals surface area contributed by atoms with Crippen molar-refractivity contribution in [3.05, 3.63) is 33.7 Å². The zero-order chi connectivity index (χ0) is 13.1. The van der Waals surface area contributed by atoms with Crippen LogP contribution in [0.4, 0.5) is 4.79 Å². The van der Waals surface area contributed by atoms with E-state index in [4.69, 9.17) is 16.3 Å². The number of carbonyl (C=O) groups excluding carboxylic acids is 2. The van der Waals surface area contributed by atoms with Crippen LogP contribution in [0, 0.1) is 0 Å². The maximum atomic E-state index is 11.8. The summed E-state index contributed by atoms with van der Waals surface area (Å²) in [7, 11) is 1.29. The van der Waals surface area contributed by atoms with E-state index in [1.54, 1.807) is 0 Å². The zero-order valence-electron chi connectivity index (χ0n) is 9.53. The van der Waals surface area contributed by atoms with Gasteiger partial charge in [-0.2, -0.15) is 11.3 Å². The third kappa shape index (κ3) is 2.34. The van der Waals surface area contributed by atoms with Crippen LogP contribution in [0.5, 0.6) is 0 Å². The molecule has 2 N–H and O–H groups in total. The van der Waals surface area contributed by atoms with Gasteiger partial charge in [-0.3, -0.25) is 0 Å². The molecular weight excluding hydrogens is 276 g/mol. The Morgan fingerprint density at radius 2 is 2.39 bits per heavy atom. The number of allylic oxidation sites excluding steroid dienone is 1. The number of esters is 1. The summed E-state index contributed by atoms with van der Waals surface area (Å²) in [4.78, 5) is 23.4. The number of alkyl halides is 1. The van der Waals surface area contributed by atoms with Crippen molar-refractivity contribution in [3.63, 3.8) is 0 Å². The van der Waals surface area contributed by atoms with Crippen LogP contribution in [0.25, 0.3) is 0 Å². The van der Waals surface area contributed by atoms with Gasteiger partial charge in [0.05, 0.1) is 24.6 Å². The molecule has 0 aliphatic carbocycles. The van der Waals surface area contributed by atoms with Crippen molar-refractivity contribution < 1.29 is 14.3 Å². The second kappa shape index (κ2) is 5.41. The average molecular weight is 287 g/mol. The third-order valence-electron chi connectivity index (χ3n) is 2.57. The number of ether oxygens (including phenoxy) is 1. The van der Waals surface area contributed by atoms with Gasteiger partial charge in [-0.25, -0.2) is 9.59 Å². The number of methoxy groups -OCH3 is 1. The molecule has 0 saturated carbocycles. The summed E-state index contributed by atoms with van der Waals surface area (Å²) in [5.41, 5.74) is 1.55. The van der Waals surface area contributed by atoms with Crippen LogP contribution in [-0.4, -0.2) is 25.0 Å². The van der Waals surface area contributed by atoms with Crippen molar-refractivity contribution in [2.24, 2.45) is 0 Å². The summed E-state index contributed by atoms with van der Waals surface area (Å²) in [5, 5.41) is 8.95. The maximum absolute atomic E-state index is 11.8. The molecule has 7 heteroatoms. The molecule has 2 amide bonds. The monoisotopic (exact) mass is 286 g/mol. The van der Waals surface area contributed by atoms with E-state index in [1.807, 2.05) is 16.8 Å². The number of amides is 2. The molecule has 1 aliphatic heterocycles. The standard InChI is InChI=1S/C11H11ClN2O3S/c1-17-10(15)8-7(4-12)13-11(16)14-9(8)6-2-3-18-5-6/h2-3,5,9H,4H2,1H3,(H2,13,14,16)/t9-/m0/s1. The molecule has 0 unspecified atom stereocenters. The summed E-state index contributed by atoms with van der Waals surface area (Å²) in [6.07, 6.45) is 0. The summed E-state index contributed by atoms with van der Waals surface area (Å²) in [6, 6.07) is 0.941. The zero-order valence-corrected chi connectivity index (χ0v) is 11.1. The minimum Gasteiger partial charge on any atom is -0.466 e. The number of carbonyl (C=O) groups is 2. The van der Waals surface area contributed by atoms with Crippen molar-refractivity contribution in [2.75, 3.05) is 13.0 Å². The molecule has 0 saturated heterocycles. The first kappa shape index (κ1) is 12.9. The Morgan fingerprint density at radius 1 is 1.61 bits per heavy atom. The smallest absolute Gasteiger partial charge is 0.338 e. The fourth-order valence-corrected chi connectivity index (χ4v) is 2.66. The van der Waals surface area contributed by atoms with Crippen LogP contribution in [0.15, 0.2) is 28.1 Å². The number of hydrogen-bond acceptors (Lipinski definition) is 4.